The summed E-state index contributed by atoms with van der Waals surface area (Å²) in [5, 5.41) is 1.13. The van der Waals surface area contributed by atoms with Crippen LogP contribution in [0.5, 0.6) is 5.75 Å². The van der Waals surface area contributed by atoms with E-state index in [-0.39, 0.29) is 24.4 Å². The zero-order valence-corrected chi connectivity index (χ0v) is 21.7. The van der Waals surface area contributed by atoms with Crippen LogP contribution < -0.4 is 4.74 Å². The number of rotatable bonds is 6. The van der Waals surface area contributed by atoms with Crippen molar-refractivity contribution in [2.24, 2.45) is 0 Å². The Morgan fingerprint density at radius 2 is 1.73 bits per heavy atom. The Labute approximate surface area is 217 Å². The number of aromatic nitrogens is 1. The highest BCUT2D eigenvalue weighted by molar-refractivity contribution is 5.97. The summed E-state index contributed by atoms with van der Waals surface area (Å²) < 4.78 is 5.36. The first kappa shape index (κ1) is 24.0. The molecule has 2 aromatic carbocycles. The van der Waals surface area contributed by atoms with Gasteiger partial charge in [-0.05, 0) is 49.3 Å². The predicted octanol–water partition coefficient (Wildman–Crippen LogP) is 2.50. The first-order valence-corrected chi connectivity index (χ1v) is 13.3. The van der Waals surface area contributed by atoms with E-state index in [0.717, 1.165) is 72.6 Å². The zero-order chi connectivity index (χ0) is 25.5. The van der Waals surface area contributed by atoms with Crippen molar-refractivity contribution in [3.05, 3.63) is 65.4 Å². The molecule has 6 rings (SSSR count). The number of aromatic amines is 1. The number of amides is 2. The van der Waals surface area contributed by atoms with Crippen LogP contribution in [0.1, 0.15) is 29.3 Å². The van der Waals surface area contributed by atoms with E-state index in [0.29, 0.717) is 13.0 Å². The van der Waals surface area contributed by atoms with Gasteiger partial charge in [-0.2, -0.15) is 0 Å². The fourth-order valence-corrected chi connectivity index (χ4v) is 6.20. The number of carbonyl (C=O) groups excluding carboxylic acids is 2. The first-order chi connectivity index (χ1) is 18.0. The van der Waals surface area contributed by atoms with Gasteiger partial charge in [-0.25, -0.2) is 0 Å². The van der Waals surface area contributed by atoms with Gasteiger partial charge in [-0.3, -0.25) is 9.59 Å². The van der Waals surface area contributed by atoms with Crippen molar-refractivity contribution in [3.8, 4) is 5.75 Å². The number of hydrogen-bond acceptors (Lipinski definition) is 5. The smallest absolute Gasteiger partial charge is 0.246 e. The standard InChI is InChI=1S/C29H35N5O3/c1-31-14-16-32(17-15-31)12-5-13-33-19-26(35)34-25(29(33)36)18-23-22-6-3-4-7-24(22)30-27(23)28(34)20-8-10-21(37-2)11-9-20/h3-4,6-11,25,28,30H,5,12-19H2,1-2H3/t25-,28-/m1/s1. The number of ether oxygens (including phenoxy) is 1. The van der Waals surface area contributed by atoms with Gasteiger partial charge in [-0.15, -0.1) is 0 Å². The van der Waals surface area contributed by atoms with Crippen LogP contribution in [0.25, 0.3) is 10.9 Å². The quantitative estimate of drug-likeness (QED) is 0.562. The monoisotopic (exact) mass is 501 g/mol. The number of benzene rings is 2. The van der Waals surface area contributed by atoms with Crippen molar-refractivity contribution in [3.63, 3.8) is 0 Å². The van der Waals surface area contributed by atoms with Crippen LogP contribution in [0.15, 0.2) is 48.5 Å². The summed E-state index contributed by atoms with van der Waals surface area (Å²) in [4.78, 5) is 39.6. The number of hydrogen-bond donors (Lipinski definition) is 1. The topological polar surface area (TPSA) is 72.1 Å². The molecule has 8 nitrogen and oxygen atoms in total. The minimum absolute atomic E-state index is 0.00863. The van der Waals surface area contributed by atoms with Gasteiger partial charge >= 0.3 is 0 Å². The van der Waals surface area contributed by atoms with Gasteiger partial charge in [0.2, 0.25) is 11.8 Å². The first-order valence-electron chi connectivity index (χ1n) is 13.3. The third kappa shape index (κ3) is 4.38. The van der Waals surface area contributed by atoms with Gasteiger partial charge in [0.05, 0.1) is 19.7 Å². The van der Waals surface area contributed by atoms with Crippen molar-refractivity contribution in [2.45, 2.75) is 24.9 Å². The molecule has 2 atom stereocenters. The summed E-state index contributed by atoms with van der Waals surface area (Å²) in [5.74, 6) is 0.835. The van der Waals surface area contributed by atoms with E-state index < -0.39 is 6.04 Å². The molecule has 0 radical (unpaired) electrons. The van der Waals surface area contributed by atoms with Crippen LogP contribution in [0.3, 0.4) is 0 Å². The second kappa shape index (κ2) is 9.84. The van der Waals surface area contributed by atoms with E-state index in [9.17, 15) is 9.59 Å². The average Bonchev–Trinajstić information content (AvgIpc) is 3.30. The number of piperazine rings is 2. The lowest BCUT2D eigenvalue weighted by Crippen LogP contribution is -2.63. The molecule has 0 spiro atoms. The highest BCUT2D eigenvalue weighted by Gasteiger charge is 2.48. The van der Waals surface area contributed by atoms with Crippen LogP contribution in [0.4, 0.5) is 0 Å². The Bertz CT molecular complexity index is 1290. The Hall–Kier alpha value is -3.36. The van der Waals surface area contributed by atoms with E-state index in [4.69, 9.17) is 4.74 Å². The Morgan fingerprint density at radius 3 is 2.49 bits per heavy atom. The van der Waals surface area contributed by atoms with Gasteiger partial charge in [0, 0.05) is 55.7 Å². The fourth-order valence-electron chi connectivity index (χ4n) is 6.20. The van der Waals surface area contributed by atoms with Crippen LogP contribution in [-0.4, -0.2) is 102 Å². The molecule has 8 heteroatoms. The van der Waals surface area contributed by atoms with Crippen molar-refractivity contribution >= 4 is 22.7 Å². The molecule has 3 aliphatic rings. The molecule has 37 heavy (non-hydrogen) atoms. The molecule has 194 valence electrons. The summed E-state index contributed by atoms with van der Waals surface area (Å²) in [6, 6.07) is 15.2. The molecule has 1 aromatic heterocycles. The van der Waals surface area contributed by atoms with Gasteiger partial charge in [0.25, 0.3) is 0 Å². The van der Waals surface area contributed by atoms with Crippen LogP contribution in [-0.2, 0) is 16.0 Å². The van der Waals surface area contributed by atoms with Crippen LogP contribution >= 0.6 is 0 Å². The Balaban J connectivity index is 1.28. The highest BCUT2D eigenvalue weighted by Crippen LogP contribution is 2.42. The van der Waals surface area contributed by atoms with Gasteiger partial charge in [0.1, 0.15) is 11.8 Å². The number of nitrogens with one attached hydrogen (secondary N) is 1. The number of methoxy groups -OCH3 is 1. The maximum atomic E-state index is 13.9. The van der Waals surface area contributed by atoms with E-state index in [1.807, 2.05) is 41.3 Å². The predicted molar refractivity (Wildman–Crippen MR) is 143 cm³/mol. The highest BCUT2D eigenvalue weighted by atomic mass is 16.5. The van der Waals surface area contributed by atoms with E-state index in [1.54, 1.807) is 12.0 Å². The second-order valence-corrected chi connectivity index (χ2v) is 10.5. The second-order valence-electron chi connectivity index (χ2n) is 10.5. The Kier molecular flexibility index (Phi) is 6.38. The van der Waals surface area contributed by atoms with E-state index in [1.165, 1.54) is 0 Å². The summed E-state index contributed by atoms with van der Waals surface area (Å²) in [7, 11) is 3.80. The molecule has 4 heterocycles. The molecule has 2 amide bonds. The fraction of sp³-hybridized carbons (Fsp3) is 0.448. The number of para-hydroxylation sites is 1. The van der Waals surface area contributed by atoms with Crippen LogP contribution in [0.2, 0.25) is 0 Å². The molecule has 2 fully saturated rings. The molecule has 0 unspecified atom stereocenters. The molecular weight excluding hydrogens is 466 g/mol. The molecule has 0 bridgehead atoms. The third-order valence-corrected chi connectivity index (χ3v) is 8.27. The van der Waals surface area contributed by atoms with Gasteiger partial charge < -0.3 is 29.3 Å². The number of likely N-dealkylation sites (N-methyl/N-ethyl adjacent to an activating group) is 1. The van der Waals surface area contributed by atoms with Crippen molar-refractivity contribution in [1.29, 1.82) is 0 Å². The van der Waals surface area contributed by atoms with E-state index in [2.05, 4.69) is 34.0 Å². The van der Waals surface area contributed by atoms with Crippen molar-refractivity contribution in [1.82, 2.24) is 24.6 Å². The molecule has 0 aliphatic carbocycles. The lowest BCUT2D eigenvalue weighted by atomic mass is 9.86. The summed E-state index contributed by atoms with van der Waals surface area (Å²) in [5.41, 5.74) is 4.16. The largest absolute Gasteiger partial charge is 0.497 e. The lowest BCUT2D eigenvalue weighted by molar-refractivity contribution is -0.158. The average molecular weight is 502 g/mol. The molecule has 3 aliphatic heterocycles. The maximum Gasteiger partial charge on any atom is 0.246 e. The summed E-state index contributed by atoms with van der Waals surface area (Å²) in [6.07, 6.45) is 1.42. The zero-order valence-electron chi connectivity index (χ0n) is 21.7. The molecular formula is C29H35N5O3. The summed E-state index contributed by atoms with van der Waals surface area (Å²) >= 11 is 0. The molecule has 3 aromatic rings. The third-order valence-electron chi connectivity index (χ3n) is 8.27. The lowest BCUT2D eigenvalue weighted by Gasteiger charge is -2.47. The van der Waals surface area contributed by atoms with Crippen molar-refractivity contribution in [2.75, 3.05) is 60.0 Å². The normalized spacial score (nSPS) is 22.9. The van der Waals surface area contributed by atoms with Gasteiger partial charge in [0.15, 0.2) is 0 Å². The maximum absolute atomic E-state index is 13.9. The van der Waals surface area contributed by atoms with E-state index >= 15 is 0 Å². The summed E-state index contributed by atoms with van der Waals surface area (Å²) in [6.45, 7) is 6.01. The minimum atomic E-state index is -0.497. The molecule has 1 N–H and O–H groups in total. The number of carbonyl (C=O) groups is 2. The minimum Gasteiger partial charge on any atom is -0.497 e. The Morgan fingerprint density at radius 1 is 0.973 bits per heavy atom. The SMILES string of the molecule is COc1ccc([C@@H]2c3[nH]c4ccccc4c3C[C@@H]3C(=O)N(CCCN4CCN(C)CC4)CC(=O)N23)cc1. The van der Waals surface area contributed by atoms with Gasteiger partial charge in [-0.1, -0.05) is 30.3 Å². The van der Waals surface area contributed by atoms with Crippen LogP contribution in [0, 0.1) is 0 Å². The number of nitrogens with zero attached hydrogens (tertiary/aromatic N) is 4. The van der Waals surface area contributed by atoms with Crippen molar-refractivity contribution < 1.29 is 14.3 Å². The molecule has 0 saturated carbocycles. The number of fused-ring (bicyclic) bond motifs is 4. The number of H-pyrrole nitrogens is 1. The molecule has 2 saturated heterocycles.